The molecule has 0 aliphatic carbocycles. The summed E-state index contributed by atoms with van der Waals surface area (Å²) in [5.41, 5.74) is 1.80. The number of halogens is 2. The Bertz CT molecular complexity index is 961. The molecule has 2 fully saturated rings. The van der Waals surface area contributed by atoms with Crippen molar-refractivity contribution in [2.24, 2.45) is 0 Å². The van der Waals surface area contributed by atoms with Crippen LogP contribution >= 0.6 is 0 Å². The molecule has 2 N–H and O–H groups in total. The largest absolute Gasteiger partial charge is 0.343 e. The first-order chi connectivity index (χ1) is 13.3. The van der Waals surface area contributed by atoms with Crippen molar-refractivity contribution in [1.82, 2.24) is 15.6 Å². The quantitative estimate of drug-likeness (QED) is 0.780. The van der Waals surface area contributed by atoms with Crippen molar-refractivity contribution < 1.29 is 18.4 Å². The topological polar surface area (TPSA) is 71.1 Å². The van der Waals surface area contributed by atoms with E-state index in [1.807, 2.05) is 0 Å². The number of hydrogen-bond donors (Lipinski definition) is 2. The van der Waals surface area contributed by atoms with E-state index in [2.05, 4.69) is 15.6 Å². The molecule has 1 spiro atoms. The summed E-state index contributed by atoms with van der Waals surface area (Å²) in [7, 11) is 0. The van der Waals surface area contributed by atoms with Gasteiger partial charge in [0, 0.05) is 11.6 Å². The normalized spacial score (nSPS) is 21.2. The fourth-order valence-electron chi connectivity index (χ4n) is 4.45. The summed E-state index contributed by atoms with van der Waals surface area (Å²) in [6.45, 7) is 4.96. The van der Waals surface area contributed by atoms with Gasteiger partial charge in [0.2, 0.25) is 5.91 Å². The van der Waals surface area contributed by atoms with Crippen LogP contribution in [0.5, 0.6) is 0 Å². The Morgan fingerprint density at radius 1 is 1.07 bits per heavy atom. The maximum absolute atomic E-state index is 14.1. The molecule has 4 rings (SSSR count). The number of Topliss-reactive ketones (excluding diaryl/α,β-unsaturated/α-hetero) is 1. The molecule has 2 aromatic rings. The molecule has 0 radical (unpaired) electrons. The van der Waals surface area contributed by atoms with Gasteiger partial charge in [0.1, 0.15) is 23.0 Å². The predicted molar refractivity (Wildman–Crippen MR) is 99.8 cm³/mol. The zero-order valence-electron chi connectivity index (χ0n) is 15.7. The summed E-state index contributed by atoms with van der Waals surface area (Å²) in [6.07, 6.45) is 2.12. The Labute approximate surface area is 161 Å². The van der Waals surface area contributed by atoms with E-state index in [9.17, 15) is 18.4 Å². The van der Waals surface area contributed by atoms with Gasteiger partial charge in [-0.3, -0.25) is 14.6 Å². The van der Waals surface area contributed by atoms with Gasteiger partial charge in [0.15, 0.2) is 11.6 Å². The van der Waals surface area contributed by atoms with Gasteiger partial charge in [0.05, 0.1) is 6.20 Å². The van der Waals surface area contributed by atoms with Crippen LogP contribution in [-0.2, 0) is 9.59 Å². The average molecular weight is 385 g/mol. The Kier molecular flexibility index (Phi) is 4.50. The number of carbonyl (C=O) groups excluding carboxylic acids is 2. The summed E-state index contributed by atoms with van der Waals surface area (Å²) in [6, 6.07) is 4.18. The Morgan fingerprint density at radius 2 is 1.71 bits per heavy atom. The molecule has 146 valence electrons. The predicted octanol–water partition coefficient (Wildman–Crippen LogP) is 2.55. The molecule has 2 aliphatic heterocycles. The average Bonchev–Trinajstić information content (AvgIpc) is 2.86. The first-order valence-electron chi connectivity index (χ1n) is 9.32. The van der Waals surface area contributed by atoms with Crippen LogP contribution < -0.4 is 10.6 Å². The van der Waals surface area contributed by atoms with Crippen LogP contribution in [0.1, 0.15) is 35.4 Å². The highest BCUT2D eigenvalue weighted by Gasteiger charge is 2.53. The molecule has 0 bridgehead atoms. The van der Waals surface area contributed by atoms with Gasteiger partial charge in [-0.15, -0.1) is 0 Å². The number of piperidine rings is 1. The first-order valence-corrected chi connectivity index (χ1v) is 9.32. The number of rotatable bonds is 2. The van der Waals surface area contributed by atoms with E-state index in [-0.39, 0.29) is 17.4 Å². The number of amides is 1. The number of nitrogens with one attached hydrogen (secondary N) is 2. The second kappa shape index (κ2) is 6.74. The number of benzene rings is 1. The highest BCUT2D eigenvalue weighted by molar-refractivity contribution is 6.17. The van der Waals surface area contributed by atoms with Crippen LogP contribution in [0.4, 0.5) is 8.78 Å². The van der Waals surface area contributed by atoms with E-state index >= 15 is 0 Å². The second-order valence-corrected chi connectivity index (χ2v) is 7.63. The van der Waals surface area contributed by atoms with Crippen LogP contribution in [0, 0.1) is 25.5 Å². The summed E-state index contributed by atoms with van der Waals surface area (Å²) in [5.74, 6) is -2.74. The van der Waals surface area contributed by atoms with E-state index in [1.165, 1.54) is 0 Å². The molecule has 0 saturated carbocycles. The first kappa shape index (κ1) is 18.7. The third-order valence-electron chi connectivity index (χ3n) is 5.78. The van der Waals surface area contributed by atoms with Crippen LogP contribution in [0.2, 0.25) is 0 Å². The van der Waals surface area contributed by atoms with Gasteiger partial charge in [-0.2, -0.15) is 0 Å². The monoisotopic (exact) mass is 385 g/mol. The number of hydrogen-bond acceptors (Lipinski definition) is 4. The van der Waals surface area contributed by atoms with Gasteiger partial charge in [-0.05, 0) is 68.6 Å². The van der Waals surface area contributed by atoms with E-state index < -0.39 is 23.1 Å². The maximum Gasteiger partial charge on any atom is 0.235 e. The molecule has 2 saturated heterocycles. The lowest BCUT2D eigenvalue weighted by Crippen LogP contribution is -2.53. The molecule has 1 unspecified atom stereocenters. The van der Waals surface area contributed by atoms with Crippen molar-refractivity contribution in [2.75, 3.05) is 13.1 Å². The van der Waals surface area contributed by atoms with Crippen LogP contribution in [0.25, 0.3) is 11.3 Å². The van der Waals surface area contributed by atoms with Gasteiger partial charge >= 0.3 is 0 Å². The van der Waals surface area contributed by atoms with Crippen molar-refractivity contribution >= 4 is 11.7 Å². The molecule has 1 aromatic heterocycles. The highest BCUT2D eigenvalue weighted by atomic mass is 19.1. The zero-order chi connectivity index (χ0) is 20.1. The number of pyridine rings is 1. The van der Waals surface area contributed by atoms with E-state index in [1.54, 1.807) is 26.0 Å². The van der Waals surface area contributed by atoms with Crippen molar-refractivity contribution in [3.63, 3.8) is 0 Å². The van der Waals surface area contributed by atoms with Gasteiger partial charge < -0.3 is 10.6 Å². The molecule has 5 nitrogen and oxygen atoms in total. The summed E-state index contributed by atoms with van der Waals surface area (Å²) >= 11 is 0. The van der Waals surface area contributed by atoms with Crippen molar-refractivity contribution in [3.05, 3.63) is 52.7 Å². The SMILES string of the molecule is Cc1cc(-c2ncc(F)cc2F)cc(C)c1C1C(=O)NC2(CCNCC2)C1=O. The van der Waals surface area contributed by atoms with E-state index in [0.717, 1.165) is 12.3 Å². The molecule has 1 amide bonds. The van der Waals surface area contributed by atoms with Gasteiger partial charge in [-0.25, -0.2) is 8.78 Å². The minimum atomic E-state index is -0.863. The number of ketones is 1. The summed E-state index contributed by atoms with van der Waals surface area (Å²) < 4.78 is 27.3. The van der Waals surface area contributed by atoms with Crippen LogP contribution in [-0.4, -0.2) is 35.3 Å². The summed E-state index contributed by atoms with van der Waals surface area (Å²) in [4.78, 5) is 29.8. The second-order valence-electron chi connectivity index (χ2n) is 7.63. The number of aryl methyl sites for hydroxylation is 2. The molecule has 3 heterocycles. The smallest absolute Gasteiger partial charge is 0.235 e. The fraction of sp³-hybridized carbons (Fsp3) is 0.381. The van der Waals surface area contributed by atoms with Gasteiger partial charge in [0.25, 0.3) is 0 Å². The molecular formula is C21H21F2N3O2. The minimum absolute atomic E-state index is 0.0381. The van der Waals surface area contributed by atoms with E-state index in [0.29, 0.717) is 48.2 Å². The van der Waals surface area contributed by atoms with Crippen molar-refractivity contribution in [2.45, 2.75) is 38.1 Å². The molecule has 1 atom stereocenters. The third kappa shape index (κ3) is 2.90. The lowest BCUT2D eigenvalue weighted by atomic mass is 9.79. The summed E-state index contributed by atoms with van der Waals surface area (Å²) in [5, 5.41) is 6.15. The third-order valence-corrected chi connectivity index (χ3v) is 5.78. The number of nitrogens with zero attached hydrogens (tertiary/aromatic N) is 1. The van der Waals surface area contributed by atoms with Crippen LogP contribution in [0.15, 0.2) is 24.4 Å². The maximum atomic E-state index is 14.1. The lowest BCUT2D eigenvalue weighted by molar-refractivity contribution is -0.125. The Hall–Kier alpha value is -2.67. The minimum Gasteiger partial charge on any atom is -0.343 e. The lowest BCUT2D eigenvalue weighted by Gasteiger charge is -2.32. The van der Waals surface area contributed by atoms with Crippen LogP contribution in [0.3, 0.4) is 0 Å². The molecule has 1 aromatic carbocycles. The molecular weight excluding hydrogens is 364 g/mol. The van der Waals surface area contributed by atoms with E-state index in [4.69, 9.17) is 0 Å². The van der Waals surface area contributed by atoms with Gasteiger partial charge in [-0.1, -0.05) is 0 Å². The Morgan fingerprint density at radius 3 is 2.32 bits per heavy atom. The zero-order valence-corrected chi connectivity index (χ0v) is 15.7. The highest BCUT2D eigenvalue weighted by Crippen LogP contribution is 2.38. The molecule has 28 heavy (non-hydrogen) atoms. The molecule has 2 aliphatic rings. The fourth-order valence-corrected chi connectivity index (χ4v) is 4.45. The number of aromatic nitrogens is 1. The Balaban J connectivity index is 1.75. The van der Waals surface area contributed by atoms with Crippen molar-refractivity contribution in [1.29, 1.82) is 0 Å². The van der Waals surface area contributed by atoms with Crippen molar-refractivity contribution in [3.8, 4) is 11.3 Å². The molecule has 7 heteroatoms. The number of carbonyl (C=O) groups is 2. The standard InChI is InChI=1S/C21H21F2N3O2/c1-11-7-13(18-15(23)9-14(22)10-25-18)8-12(2)16(11)17-19(27)21(26-20(17)28)3-5-24-6-4-21/h7-10,17,24H,3-6H2,1-2H3,(H,26,28).